The van der Waals surface area contributed by atoms with E-state index in [9.17, 15) is 9.90 Å². The van der Waals surface area contributed by atoms with Crippen LogP contribution in [-0.4, -0.2) is 30.4 Å². The molecule has 0 atom stereocenters. The number of fused-ring (bicyclic) bond motifs is 1. The Morgan fingerprint density at radius 2 is 2.00 bits per heavy atom. The predicted octanol–water partition coefficient (Wildman–Crippen LogP) is 5.11. The molecular weight excluding hydrogens is 380 g/mol. The van der Waals surface area contributed by atoms with Gasteiger partial charge < -0.3 is 19.3 Å². The van der Waals surface area contributed by atoms with Crippen LogP contribution in [-0.2, 0) is 4.74 Å². The van der Waals surface area contributed by atoms with Crippen LogP contribution in [0.15, 0.2) is 42.5 Å². The first kappa shape index (κ1) is 20.0. The Morgan fingerprint density at radius 1 is 1.29 bits per heavy atom. The maximum absolute atomic E-state index is 12.9. The van der Waals surface area contributed by atoms with Gasteiger partial charge in [0.15, 0.2) is 12.6 Å². The van der Waals surface area contributed by atoms with Crippen molar-refractivity contribution in [2.45, 2.75) is 19.4 Å². The highest BCUT2D eigenvalue weighted by molar-refractivity contribution is 6.30. The van der Waals surface area contributed by atoms with Gasteiger partial charge in [0.1, 0.15) is 28.4 Å². The van der Waals surface area contributed by atoms with Crippen LogP contribution in [0.5, 0.6) is 17.2 Å². The van der Waals surface area contributed by atoms with Crippen molar-refractivity contribution in [1.82, 2.24) is 0 Å². The maximum atomic E-state index is 12.9. The molecule has 28 heavy (non-hydrogen) atoms. The summed E-state index contributed by atoms with van der Waals surface area (Å²) in [4.78, 5) is 12.9. The molecule has 2 aromatic carbocycles. The van der Waals surface area contributed by atoms with E-state index in [2.05, 4.69) is 0 Å². The lowest BCUT2D eigenvalue weighted by Crippen LogP contribution is -2.28. The Hall–Kier alpha value is -2.76. The van der Waals surface area contributed by atoms with Crippen LogP contribution in [0.3, 0.4) is 0 Å². The van der Waals surface area contributed by atoms with Crippen LogP contribution in [0.1, 0.15) is 35.3 Å². The summed E-state index contributed by atoms with van der Waals surface area (Å²) >= 11 is 5.88. The molecule has 0 aromatic heterocycles. The van der Waals surface area contributed by atoms with Crippen molar-refractivity contribution in [1.29, 1.82) is 0 Å². The van der Waals surface area contributed by atoms with Gasteiger partial charge in [-0.05, 0) is 49.8 Å². The number of ketones is 1. The summed E-state index contributed by atoms with van der Waals surface area (Å²) in [5, 5.41) is 11.1. The number of methoxy groups -OCH3 is 1. The van der Waals surface area contributed by atoms with Crippen LogP contribution < -0.4 is 9.47 Å². The van der Waals surface area contributed by atoms with E-state index in [0.29, 0.717) is 16.3 Å². The number of phenolic OH excluding ortho intramolecular Hbond substituents is 1. The molecule has 1 N–H and O–H groups in total. The van der Waals surface area contributed by atoms with E-state index in [1.165, 1.54) is 19.3 Å². The number of benzene rings is 2. The Kier molecular flexibility index (Phi) is 5.77. The van der Waals surface area contributed by atoms with Gasteiger partial charge in [0.25, 0.3) is 0 Å². The van der Waals surface area contributed by atoms with E-state index in [1.54, 1.807) is 30.3 Å². The van der Waals surface area contributed by atoms with Crippen molar-refractivity contribution in [3.8, 4) is 17.2 Å². The van der Waals surface area contributed by atoms with Crippen molar-refractivity contribution < 1.29 is 24.1 Å². The number of carbonyl (C=O) groups is 1. The second kappa shape index (κ2) is 8.09. The molecule has 0 unspecified atom stereocenters. The molecule has 1 heterocycles. The highest BCUT2D eigenvalue weighted by Crippen LogP contribution is 2.44. The summed E-state index contributed by atoms with van der Waals surface area (Å²) in [7, 11) is 1.50. The van der Waals surface area contributed by atoms with Gasteiger partial charge in [0.2, 0.25) is 0 Å². The van der Waals surface area contributed by atoms with Gasteiger partial charge in [0, 0.05) is 18.2 Å². The molecular formula is C22H21ClO5. The number of hydrogen-bond donors (Lipinski definition) is 1. The number of phenols is 1. The summed E-state index contributed by atoms with van der Waals surface area (Å²) in [6.45, 7) is 3.74. The van der Waals surface area contributed by atoms with Gasteiger partial charge in [0.05, 0.1) is 5.56 Å². The molecule has 1 aliphatic rings. The predicted molar refractivity (Wildman–Crippen MR) is 109 cm³/mol. The second-order valence-electron chi connectivity index (χ2n) is 6.85. The number of hydrogen-bond acceptors (Lipinski definition) is 5. The average molecular weight is 401 g/mol. The van der Waals surface area contributed by atoms with E-state index in [1.807, 2.05) is 26.0 Å². The van der Waals surface area contributed by atoms with Gasteiger partial charge in [-0.15, -0.1) is 0 Å². The third kappa shape index (κ3) is 4.38. The third-order valence-corrected chi connectivity index (χ3v) is 4.41. The fourth-order valence-corrected chi connectivity index (χ4v) is 2.92. The highest BCUT2D eigenvalue weighted by Gasteiger charge is 2.30. The molecule has 0 fully saturated rings. The number of rotatable bonds is 6. The fraction of sp³-hybridized carbons (Fsp3) is 0.227. The fourth-order valence-electron chi connectivity index (χ4n) is 2.79. The highest BCUT2D eigenvalue weighted by atomic mass is 35.5. The molecule has 146 valence electrons. The standard InChI is InChI=1S/C22H21ClO5/c1-22(2)11-10-16-19(27-13-26-3)12-18(25)20(21(16)28-22)17(24)9-6-14-4-7-15(23)8-5-14/h4-12,25H,13H2,1-3H3/b9-6+. The van der Waals surface area contributed by atoms with E-state index < -0.39 is 5.60 Å². The number of allylic oxidation sites excluding steroid dienone is 1. The first-order valence-electron chi connectivity index (χ1n) is 8.68. The van der Waals surface area contributed by atoms with E-state index in [-0.39, 0.29) is 29.6 Å². The van der Waals surface area contributed by atoms with Crippen LogP contribution in [0.2, 0.25) is 5.02 Å². The van der Waals surface area contributed by atoms with Crippen LogP contribution in [0.25, 0.3) is 12.2 Å². The van der Waals surface area contributed by atoms with Crippen molar-refractivity contribution in [3.05, 3.63) is 64.2 Å². The zero-order valence-corrected chi connectivity index (χ0v) is 16.6. The zero-order chi connectivity index (χ0) is 20.3. The summed E-state index contributed by atoms with van der Waals surface area (Å²) in [5.74, 6) is 0.0542. The van der Waals surface area contributed by atoms with Crippen molar-refractivity contribution >= 4 is 29.5 Å². The summed E-state index contributed by atoms with van der Waals surface area (Å²) < 4.78 is 16.5. The number of halogens is 1. The smallest absolute Gasteiger partial charge is 0.193 e. The Labute approximate surface area is 168 Å². The van der Waals surface area contributed by atoms with Crippen LogP contribution in [0, 0.1) is 0 Å². The van der Waals surface area contributed by atoms with Gasteiger partial charge >= 0.3 is 0 Å². The van der Waals surface area contributed by atoms with Crippen LogP contribution >= 0.6 is 11.6 Å². The SMILES string of the molecule is COCOc1cc(O)c(C(=O)/C=C/c2ccc(Cl)cc2)c2c1C=CC(C)(C)O2. The Morgan fingerprint density at radius 3 is 2.68 bits per heavy atom. The normalized spacial score (nSPS) is 14.6. The topological polar surface area (TPSA) is 65.0 Å². The zero-order valence-electron chi connectivity index (χ0n) is 15.9. The number of ether oxygens (including phenoxy) is 3. The summed E-state index contributed by atoms with van der Waals surface area (Å²) in [6.07, 6.45) is 6.74. The maximum Gasteiger partial charge on any atom is 0.193 e. The molecule has 3 rings (SSSR count). The molecule has 0 saturated carbocycles. The van der Waals surface area contributed by atoms with Gasteiger partial charge in [-0.25, -0.2) is 0 Å². The molecule has 1 aliphatic heterocycles. The van der Waals surface area contributed by atoms with E-state index in [4.69, 9.17) is 25.8 Å². The first-order chi connectivity index (χ1) is 13.3. The molecule has 2 aromatic rings. The molecule has 0 radical (unpaired) electrons. The molecule has 0 spiro atoms. The van der Waals surface area contributed by atoms with Crippen molar-refractivity contribution in [2.75, 3.05) is 13.9 Å². The molecule has 0 bridgehead atoms. The molecule has 0 aliphatic carbocycles. The monoisotopic (exact) mass is 400 g/mol. The third-order valence-electron chi connectivity index (χ3n) is 4.15. The van der Waals surface area contributed by atoms with Gasteiger partial charge in [-0.1, -0.05) is 29.8 Å². The van der Waals surface area contributed by atoms with Crippen LogP contribution in [0.4, 0.5) is 0 Å². The Balaban J connectivity index is 2.01. The lowest BCUT2D eigenvalue weighted by Gasteiger charge is -2.30. The Bertz CT molecular complexity index is 942. The largest absolute Gasteiger partial charge is 0.507 e. The lowest BCUT2D eigenvalue weighted by molar-refractivity contribution is 0.0502. The van der Waals surface area contributed by atoms with E-state index >= 15 is 0 Å². The molecule has 0 saturated heterocycles. The lowest BCUT2D eigenvalue weighted by atomic mass is 9.96. The summed E-state index contributed by atoms with van der Waals surface area (Å²) in [5.41, 5.74) is 0.848. The minimum Gasteiger partial charge on any atom is -0.507 e. The second-order valence-corrected chi connectivity index (χ2v) is 7.29. The number of carbonyl (C=O) groups excluding carboxylic acids is 1. The van der Waals surface area contributed by atoms with Crippen molar-refractivity contribution in [2.24, 2.45) is 0 Å². The average Bonchev–Trinajstić information content (AvgIpc) is 2.64. The van der Waals surface area contributed by atoms with Crippen molar-refractivity contribution in [3.63, 3.8) is 0 Å². The molecule has 0 amide bonds. The van der Waals surface area contributed by atoms with Gasteiger partial charge in [-0.2, -0.15) is 0 Å². The quantitative estimate of drug-likeness (QED) is 0.414. The minimum atomic E-state index is -0.631. The summed E-state index contributed by atoms with van der Waals surface area (Å²) in [6, 6.07) is 8.47. The molecule has 5 nitrogen and oxygen atoms in total. The van der Waals surface area contributed by atoms with Gasteiger partial charge in [-0.3, -0.25) is 4.79 Å². The first-order valence-corrected chi connectivity index (χ1v) is 9.06. The minimum absolute atomic E-state index is 0.00682. The van der Waals surface area contributed by atoms with E-state index in [0.717, 1.165) is 5.56 Å². The number of aromatic hydroxyl groups is 1. The molecule has 6 heteroatoms.